The third-order valence-electron chi connectivity index (χ3n) is 3.68. The fourth-order valence-electron chi connectivity index (χ4n) is 2.76. The quantitative estimate of drug-likeness (QED) is 0.872. The summed E-state index contributed by atoms with van der Waals surface area (Å²) < 4.78 is 5.19. The normalized spacial score (nSPS) is 22.8. The van der Waals surface area contributed by atoms with Gasteiger partial charge in [0.25, 0.3) is 0 Å². The van der Waals surface area contributed by atoms with Crippen LogP contribution in [0.25, 0.3) is 0 Å². The van der Waals surface area contributed by atoms with Crippen LogP contribution in [0.3, 0.4) is 0 Å². The molecule has 0 radical (unpaired) electrons. The maximum absolute atomic E-state index is 5.79. The Morgan fingerprint density at radius 3 is 2.47 bits per heavy atom. The number of nitrogens with two attached hydrogens (primary N) is 1. The highest BCUT2D eigenvalue weighted by Crippen LogP contribution is 2.36. The van der Waals surface area contributed by atoms with E-state index in [2.05, 4.69) is 30.9 Å². The summed E-state index contributed by atoms with van der Waals surface area (Å²) in [4.78, 5) is 2.45. The molecule has 1 atom stereocenters. The van der Waals surface area contributed by atoms with Crippen molar-refractivity contribution in [3.8, 4) is 5.75 Å². The minimum Gasteiger partial charge on any atom is -0.497 e. The Labute approximate surface area is 104 Å². The van der Waals surface area contributed by atoms with Gasteiger partial charge in [0.1, 0.15) is 5.75 Å². The molecular weight excluding hydrogens is 212 g/mol. The molecule has 0 aromatic heterocycles. The highest BCUT2D eigenvalue weighted by Gasteiger charge is 2.37. The van der Waals surface area contributed by atoms with Crippen molar-refractivity contribution < 1.29 is 4.74 Å². The molecule has 0 bridgehead atoms. The number of hydrogen-bond donors (Lipinski definition) is 1. The van der Waals surface area contributed by atoms with Gasteiger partial charge in [-0.05, 0) is 57.0 Å². The Morgan fingerprint density at radius 2 is 2.00 bits per heavy atom. The van der Waals surface area contributed by atoms with Crippen LogP contribution in [0.5, 0.6) is 5.75 Å². The van der Waals surface area contributed by atoms with Crippen molar-refractivity contribution in [2.45, 2.75) is 25.8 Å². The van der Waals surface area contributed by atoms with E-state index in [1.54, 1.807) is 7.11 Å². The summed E-state index contributed by atoms with van der Waals surface area (Å²) in [6.45, 7) is 6.39. The van der Waals surface area contributed by atoms with Gasteiger partial charge in [-0.3, -0.25) is 0 Å². The zero-order valence-electron chi connectivity index (χ0n) is 10.9. The van der Waals surface area contributed by atoms with Gasteiger partial charge in [-0.15, -0.1) is 0 Å². The topological polar surface area (TPSA) is 38.5 Å². The molecule has 1 fully saturated rings. The first kappa shape index (κ1) is 12.2. The molecule has 3 nitrogen and oxygen atoms in total. The summed E-state index contributed by atoms with van der Waals surface area (Å²) in [5.41, 5.74) is 7.24. The first-order valence-electron chi connectivity index (χ1n) is 6.18. The molecule has 94 valence electrons. The maximum Gasteiger partial charge on any atom is 0.119 e. The predicted molar refractivity (Wildman–Crippen MR) is 71.6 cm³/mol. The van der Waals surface area contributed by atoms with Gasteiger partial charge in [-0.2, -0.15) is 0 Å². The van der Waals surface area contributed by atoms with Crippen LogP contribution >= 0.6 is 0 Å². The Kier molecular flexibility index (Phi) is 3.29. The van der Waals surface area contributed by atoms with E-state index in [0.29, 0.717) is 5.92 Å². The van der Waals surface area contributed by atoms with Crippen LogP contribution in [0.4, 0.5) is 5.69 Å². The van der Waals surface area contributed by atoms with Crippen molar-refractivity contribution in [1.29, 1.82) is 0 Å². The third kappa shape index (κ3) is 2.39. The smallest absolute Gasteiger partial charge is 0.119 e. The van der Waals surface area contributed by atoms with Crippen LogP contribution in [0.2, 0.25) is 0 Å². The van der Waals surface area contributed by atoms with E-state index in [-0.39, 0.29) is 5.54 Å². The van der Waals surface area contributed by atoms with E-state index in [1.165, 1.54) is 5.69 Å². The average Bonchev–Trinajstić information content (AvgIpc) is 2.64. The minimum absolute atomic E-state index is 0.193. The number of rotatable bonds is 3. The van der Waals surface area contributed by atoms with Crippen LogP contribution in [0.15, 0.2) is 24.3 Å². The van der Waals surface area contributed by atoms with Gasteiger partial charge in [0, 0.05) is 17.8 Å². The number of anilines is 1. The summed E-state index contributed by atoms with van der Waals surface area (Å²) >= 11 is 0. The zero-order chi connectivity index (χ0) is 12.5. The monoisotopic (exact) mass is 234 g/mol. The molecule has 2 rings (SSSR count). The highest BCUT2D eigenvalue weighted by atomic mass is 16.5. The highest BCUT2D eigenvalue weighted by molar-refractivity contribution is 5.52. The standard InChI is InChI=1S/C14H22N2O/c1-14(2)8-11(9-15)10-16(14)12-4-6-13(17-3)7-5-12/h4-7,11H,8-10,15H2,1-3H3. The fraction of sp³-hybridized carbons (Fsp3) is 0.571. The third-order valence-corrected chi connectivity index (χ3v) is 3.68. The second-order valence-corrected chi connectivity index (χ2v) is 5.43. The molecule has 0 spiro atoms. The Morgan fingerprint density at radius 1 is 1.35 bits per heavy atom. The fourth-order valence-corrected chi connectivity index (χ4v) is 2.76. The van der Waals surface area contributed by atoms with Gasteiger partial charge in [0.15, 0.2) is 0 Å². The van der Waals surface area contributed by atoms with E-state index in [9.17, 15) is 0 Å². The molecule has 1 heterocycles. The van der Waals surface area contributed by atoms with Crippen LogP contribution in [0, 0.1) is 5.92 Å². The Hall–Kier alpha value is -1.22. The minimum atomic E-state index is 0.193. The van der Waals surface area contributed by atoms with Crippen molar-refractivity contribution in [2.75, 3.05) is 25.1 Å². The molecule has 0 saturated carbocycles. The lowest BCUT2D eigenvalue weighted by atomic mass is 9.96. The first-order chi connectivity index (χ1) is 8.06. The molecule has 2 N–H and O–H groups in total. The first-order valence-corrected chi connectivity index (χ1v) is 6.18. The zero-order valence-corrected chi connectivity index (χ0v) is 10.9. The Bertz CT molecular complexity index is 372. The number of benzene rings is 1. The molecule has 0 aliphatic carbocycles. The molecule has 17 heavy (non-hydrogen) atoms. The maximum atomic E-state index is 5.79. The van der Waals surface area contributed by atoms with Crippen molar-refractivity contribution in [2.24, 2.45) is 11.7 Å². The van der Waals surface area contributed by atoms with Crippen molar-refractivity contribution >= 4 is 5.69 Å². The second-order valence-electron chi connectivity index (χ2n) is 5.43. The average molecular weight is 234 g/mol. The van der Waals surface area contributed by atoms with E-state index in [4.69, 9.17) is 10.5 Å². The van der Waals surface area contributed by atoms with E-state index in [0.717, 1.165) is 25.3 Å². The summed E-state index contributed by atoms with van der Waals surface area (Å²) in [7, 11) is 1.69. The molecule has 1 saturated heterocycles. The number of ether oxygens (including phenoxy) is 1. The molecule has 3 heteroatoms. The molecule has 1 aliphatic rings. The predicted octanol–water partition coefficient (Wildman–Crippen LogP) is 2.26. The number of methoxy groups -OCH3 is 1. The summed E-state index contributed by atoms with van der Waals surface area (Å²) in [6.07, 6.45) is 1.16. The molecule has 1 unspecified atom stereocenters. The van der Waals surface area contributed by atoms with Crippen LogP contribution in [0.1, 0.15) is 20.3 Å². The number of nitrogens with zero attached hydrogens (tertiary/aromatic N) is 1. The van der Waals surface area contributed by atoms with Gasteiger partial charge in [-0.25, -0.2) is 0 Å². The second kappa shape index (κ2) is 4.57. The van der Waals surface area contributed by atoms with E-state index in [1.807, 2.05) is 12.1 Å². The van der Waals surface area contributed by atoms with Gasteiger partial charge < -0.3 is 15.4 Å². The van der Waals surface area contributed by atoms with Gasteiger partial charge in [0.05, 0.1) is 7.11 Å². The lowest BCUT2D eigenvalue weighted by Gasteiger charge is -2.33. The van der Waals surface area contributed by atoms with Gasteiger partial charge >= 0.3 is 0 Å². The molecule has 0 amide bonds. The van der Waals surface area contributed by atoms with Crippen LogP contribution < -0.4 is 15.4 Å². The van der Waals surface area contributed by atoms with Crippen molar-refractivity contribution in [3.05, 3.63) is 24.3 Å². The Balaban J connectivity index is 2.20. The van der Waals surface area contributed by atoms with Crippen molar-refractivity contribution in [1.82, 2.24) is 0 Å². The summed E-state index contributed by atoms with van der Waals surface area (Å²) in [5, 5.41) is 0. The van der Waals surface area contributed by atoms with Crippen LogP contribution in [-0.4, -0.2) is 25.7 Å². The molecule has 1 aromatic carbocycles. The van der Waals surface area contributed by atoms with Gasteiger partial charge in [0.2, 0.25) is 0 Å². The molecular formula is C14H22N2O. The van der Waals surface area contributed by atoms with Crippen molar-refractivity contribution in [3.63, 3.8) is 0 Å². The lowest BCUT2D eigenvalue weighted by molar-refractivity contribution is 0.414. The molecule has 1 aliphatic heterocycles. The van der Waals surface area contributed by atoms with E-state index >= 15 is 0 Å². The summed E-state index contributed by atoms with van der Waals surface area (Å²) in [5.74, 6) is 1.51. The SMILES string of the molecule is COc1ccc(N2CC(CN)CC2(C)C)cc1. The van der Waals surface area contributed by atoms with Crippen LogP contribution in [-0.2, 0) is 0 Å². The lowest BCUT2D eigenvalue weighted by Crippen LogP contribution is -2.38. The molecule has 1 aromatic rings. The van der Waals surface area contributed by atoms with E-state index < -0.39 is 0 Å². The number of hydrogen-bond acceptors (Lipinski definition) is 3. The summed E-state index contributed by atoms with van der Waals surface area (Å²) in [6, 6.07) is 8.28. The largest absolute Gasteiger partial charge is 0.497 e. The van der Waals surface area contributed by atoms with Gasteiger partial charge in [-0.1, -0.05) is 0 Å².